The number of benzene rings is 1. The first-order valence-corrected chi connectivity index (χ1v) is 7.56. The Labute approximate surface area is 124 Å². The minimum absolute atomic E-state index is 0. The van der Waals surface area contributed by atoms with Crippen molar-refractivity contribution < 1.29 is 4.79 Å². The van der Waals surface area contributed by atoms with E-state index >= 15 is 0 Å². The minimum atomic E-state index is 0. The van der Waals surface area contributed by atoms with Crippen LogP contribution in [0.15, 0.2) is 29.2 Å². The lowest BCUT2D eigenvalue weighted by molar-refractivity contribution is -0.125. The van der Waals surface area contributed by atoms with Crippen LogP contribution in [-0.2, 0) is 4.79 Å². The van der Waals surface area contributed by atoms with Crippen LogP contribution in [0.3, 0.4) is 0 Å². The molecular formula is C14H19ClN2OS. The standard InChI is InChI=1S/C14H18N2OS.ClH/c17-14(10-5-7-15-9-10)16-12-6-8-18-13-4-2-1-3-11(12)13;/h1-4,10,12,15H,5-9H2,(H,16,17);1H. The lowest BCUT2D eigenvalue weighted by atomic mass is 10.0. The van der Waals surface area contributed by atoms with Crippen LogP contribution in [0.4, 0.5) is 0 Å². The van der Waals surface area contributed by atoms with Crippen LogP contribution >= 0.6 is 24.2 Å². The lowest BCUT2D eigenvalue weighted by Gasteiger charge is -2.26. The molecule has 3 nitrogen and oxygen atoms in total. The number of fused-ring (bicyclic) bond motifs is 1. The first-order valence-electron chi connectivity index (χ1n) is 6.57. The summed E-state index contributed by atoms with van der Waals surface area (Å²) in [5.74, 6) is 1.46. The van der Waals surface area contributed by atoms with Crippen molar-refractivity contribution in [2.24, 2.45) is 5.92 Å². The van der Waals surface area contributed by atoms with Crippen molar-refractivity contribution in [2.75, 3.05) is 18.8 Å². The average molecular weight is 299 g/mol. The zero-order valence-electron chi connectivity index (χ0n) is 10.7. The number of thioether (sulfide) groups is 1. The molecule has 0 aromatic heterocycles. The smallest absolute Gasteiger partial charge is 0.224 e. The molecule has 0 bridgehead atoms. The van der Waals surface area contributed by atoms with Crippen molar-refractivity contribution in [3.8, 4) is 0 Å². The van der Waals surface area contributed by atoms with E-state index in [2.05, 4.69) is 34.9 Å². The van der Waals surface area contributed by atoms with E-state index < -0.39 is 0 Å². The number of rotatable bonds is 2. The Bertz CT molecular complexity index is 449. The van der Waals surface area contributed by atoms with Crippen molar-refractivity contribution in [3.05, 3.63) is 29.8 Å². The van der Waals surface area contributed by atoms with Gasteiger partial charge in [0, 0.05) is 17.2 Å². The molecule has 1 saturated heterocycles. The summed E-state index contributed by atoms with van der Waals surface area (Å²) in [7, 11) is 0. The number of nitrogens with one attached hydrogen (secondary N) is 2. The highest BCUT2D eigenvalue weighted by atomic mass is 35.5. The zero-order valence-corrected chi connectivity index (χ0v) is 12.4. The molecule has 2 N–H and O–H groups in total. The van der Waals surface area contributed by atoms with Crippen molar-refractivity contribution in [2.45, 2.75) is 23.8 Å². The normalized spacial score (nSPS) is 25.3. The van der Waals surface area contributed by atoms with E-state index in [9.17, 15) is 4.79 Å². The van der Waals surface area contributed by atoms with Gasteiger partial charge >= 0.3 is 0 Å². The van der Waals surface area contributed by atoms with Gasteiger partial charge in [0.15, 0.2) is 0 Å². The largest absolute Gasteiger partial charge is 0.349 e. The summed E-state index contributed by atoms with van der Waals surface area (Å²) < 4.78 is 0. The second-order valence-corrected chi connectivity index (χ2v) is 6.06. The van der Waals surface area contributed by atoms with Gasteiger partial charge in [-0.2, -0.15) is 0 Å². The maximum absolute atomic E-state index is 12.2. The molecule has 5 heteroatoms. The molecule has 0 saturated carbocycles. The highest BCUT2D eigenvalue weighted by molar-refractivity contribution is 7.99. The van der Waals surface area contributed by atoms with Crippen LogP contribution < -0.4 is 10.6 Å². The predicted molar refractivity (Wildman–Crippen MR) is 80.9 cm³/mol. The molecule has 2 aliphatic rings. The van der Waals surface area contributed by atoms with E-state index in [1.54, 1.807) is 0 Å². The molecule has 1 fully saturated rings. The monoisotopic (exact) mass is 298 g/mol. The molecule has 104 valence electrons. The van der Waals surface area contributed by atoms with Gasteiger partial charge in [0.1, 0.15) is 0 Å². The van der Waals surface area contributed by atoms with Gasteiger partial charge in [0.2, 0.25) is 5.91 Å². The Morgan fingerprint density at radius 1 is 1.32 bits per heavy atom. The van der Waals surface area contributed by atoms with Crippen LogP contribution in [0, 0.1) is 5.92 Å². The molecule has 3 rings (SSSR count). The van der Waals surface area contributed by atoms with Gasteiger partial charge in [-0.15, -0.1) is 24.2 Å². The zero-order chi connectivity index (χ0) is 12.4. The van der Waals surface area contributed by atoms with Crippen LogP contribution in [0.1, 0.15) is 24.4 Å². The molecule has 1 aromatic carbocycles. The second kappa shape index (κ2) is 6.64. The molecule has 1 amide bonds. The molecule has 19 heavy (non-hydrogen) atoms. The number of hydrogen-bond donors (Lipinski definition) is 2. The summed E-state index contributed by atoms with van der Waals surface area (Å²) in [5, 5.41) is 6.47. The average Bonchev–Trinajstić information content (AvgIpc) is 2.93. The number of carbonyl (C=O) groups is 1. The van der Waals surface area contributed by atoms with Gasteiger partial charge in [0.25, 0.3) is 0 Å². The molecule has 2 aliphatic heterocycles. The Kier molecular flexibility index (Phi) is 5.13. The first-order chi connectivity index (χ1) is 8.84. The molecule has 0 aliphatic carbocycles. The highest BCUT2D eigenvalue weighted by Crippen LogP contribution is 2.35. The maximum Gasteiger partial charge on any atom is 0.224 e. The summed E-state index contributed by atoms with van der Waals surface area (Å²) >= 11 is 1.89. The molecule has 2 atom stereocenters. The Balaban J connectivity index is 0.00000133. The first kappa shape index (κ1) is 14.7. The molecule has 2 unspecified atom stereocenters. The van der Waals surface area contributed by atoms with Gasteiger partial charge in [-0.25, -0.2) is 0 Å². The van der Waals surface area contributed by atoms with E-state index in [0.29, 0.717) is 0 Å². The van der Waals surface area contributed by atoms with Crippen molar-refractivity contribution >= 4 is 30.1 Å². The fourth-order valence-electron chi connectivity index (χ4n) is 2.66. The Morgan fingerprint density at radius 3 is 2.95 bits per heavy atom. The van der Waals surface area contributed by atoms with Crippen LogP contribution in [-0.4, -0.2) is 24.7 Å². The third kappa shape index (κ3) is 3.25. The van der Waals surface area contributed by atoms with Gasteiger partial charge in [-0.1, -0.05) is 18.2 Å². The Hall–Kier alpha value is -0.710. The summed E-state index contributed by atoms with van der Waals surface area (Å²) in [5.41, 5.74) is 1.29. The second-order valence-electron chi connectivity index (χ2n) is 4.93. The van der Waals surface area contributed by atoms with Crippen LogP contribution in [0.5, 0.6) is 0 Å². The van der Waals surface area contributed by atoms with Crippen molar-refractivity contribution in [3.63, 3.8) is 0 Å². The summed E-state index contributed by atoms with van der Waals surface area (Å²) in [6, 6.07) is 8.61. The van der Waals surface area contributed by atoms with E-state index in [1.165, 1.54) is 10.5 Å². The van der Waals surface area contributed by atoms with Crippen molar-refractivity contribution in [1.29, 1.82) is 0 Å². The number of carbonyl (C=O) groups excluding carboxylic acids is 1. The molecule has 1 aromatic rings. The molecular weight excluding hydrogens is 280 g/mol. The predicted octanol–water partition coefficient (Wildman–Crippen LogP) is 2.37. The quantitative estimate of drug-likeness (QED) is 0.881. The molecule has 2 heterocycles. The maximum atomic E-state index is 12.2. The summed E-state index contributed by atoms with van der Waals surface area (Å²) in [6.45, 7) is 1.80. The van der Waals surface area contributed by atoms with Crippen LogP contribution in [0.2, 0.25) is 0 Å². The lowest BCUT2D eigenvalue weighted by Crippen LogP contribution is -2.36. The minimum Gasteiger partial charge on any atom is -0.349 e. The van der Waals surface area contributed by atoms with Gasteiger partial charge < -0.3 is 10.6 Å². The number of halogens is 1. The third-order valence-electron chi connectivity index (χ3n) is 3.71. The SMILES string of the molecule is Cl.O=C(NC1CCSc2ccccc21)C1CCNC1. The van der Waals surface area contributed by atoms with E-state index in [0.717, 1.165) is 31.7 Å². The topological polar surface area (TPSA) is 41.1 Å². The van der Waals surface area contributed by atoms with Gasteiger partial charge in [-0.3, -0.25) is 4.79 Å². The summed E-state index contributed by atoms with van der Waals surface area (Å²) in [4.78, 5) is 13.5. The molecule has 0 spiro atoms. The number of amides is 1. The van der Waals surface area contributed by atoms with Crippen LogP contribution in [0.25, 0.3) is 0 Å². The third-order valence-corrected chi connectivity index (χ3v) is 4.83. The highest BCUT2D eigenvalue weighted by Gasteiger charge is 2.27. The van der Waals surface area contributed by atoms with E-state index in [1.807, 2.05) is 11.8 Å². The summed E-state index contributed by atoms with van der Waals surface area (Å²) in [6.07, 6.45) is 2.00. The fourth-order valence-corrected chi connectivity index (χ4v) is 3.79. The van der Waals surface area contributed by atoms with Gasteiger partial charge in [-0.05, 0) is 31.0 Å². The van der Waals surface area contributed by atoms with Gasteiger partial charge in [0.05, 0.1) is 12.0 Å². The molecule has 0 radical (unpaired) electrons. The number of hydrogen-bond acceptors (Lipinski definition) is 3. The fraction of sp³-hybridized carbons (Fsp3) is 0.500. The van der Waals surface area contributed by atoms with Crippen molar-refractivity contribution in [1.82, 2.24) is 10.6 Å². The van der Waals surface area contributed by atoms with E-state index in [4.69, 9.17) is 0 Å². The van der Waals surface area contributed by atoms with E-state index in [-0.39, 0.29) is 30.3 Å². The Morgan fingerprint density at radius 2 is 2.16 bits per heavy atom.